The van der Waals surface area contributed by atoms with Gasteiger partial charge in [-0.3, -0.25) is 9.59 Å². The zero-order valence-corrected chi connectivity index (χ0v) is 15.7. The van der Waals surface area contributed by atoms with E-state index in [1.807, 2.05) is 38.1 Å². The van der Waals surface area contributed by atoms with Gasteiger partial charge < -0.3 is 15.0 Å². The SMILES string of the molecule is CC[C@@H](/C=C/C(=O)N1CCc2ccccc21)NC(=O)C1(C)CCOCC1. The zero-order chi connectivity index (χ0) is 18.6. The van der Waals surface area contributed by atoms with Crippen LogP contribution >= 0.6 is 0 Å². The van der Waals surface area contributed by atoms with E-state index in [9.17, 15) is 9.59 Å². The van der Waals surface area contributed by atoms with Gasteiger partial charge in [0, 0.05) is 37.6 Å². The summed E-state index contributed by atoms with van der Waals surface area (Å²) >= 11 is 0. The fourth-order valence-electron chi connectivity index (χ4n) is 3.53. The molecule has 2 amide bonds. The van der Waals surface area contributed by atoms with Gasteiger partial charge in [0.2, 0.25) is 5.91 Å². The third-order valence-corrected chi connectivity index (χ3v) is 5.53. The Kier molecular flexibility index (Phi) is 5.77. The number of carbonyl (C=O) groups excluding carboxylic acids is 2. The Hall–Kier alpha value is -2.14. The second-order valence-electron chi connectivity index (χ2n) is 7.39. The minimum Gasteiger partial charge on any atom is -0.381 e. The number of anilines is 1. The van der Waals surface area contributed by atoms with E-state index < -0.39 is 0 Å². The minimum absolute atomic E-state index is 0.0278. The Morgan fingerprint density at radius 3 is 2.77 bits per heavy atom. The van der Waals surface area contributed by atoms with Crippen LogP contribution in [0.5, 0.6) is 0 Å². The van der Waals surface area contributed by atoms with Crippen LogP contribution in [0.4, 0.5) is 5.69 Å². The van der Waals surface area contributed by atoms with Crippen molar-refractivity contribution >= 4 is 17.5 Å². The molecule has 0 unspecified atom stereocenters. The van der Waals surface area contributed by atoms with Gasteiger partial charge in [-0.05, 0) is 37.3 Å². The standard InChI is InChI=1S/C21H28N2O3/c1-3-17(22-20(25)21(2)11-14-26-15-12-21)8-9-19(24)23-13-10-16-6-4-5-7-18(16)23/h4-9,17H,3,10-15H2,1-2H3,(H,22,25)/b9-8+/t17-/m0/s1. The second-order valence-corrected chi connectivity index (χ2v) is 7.39. The highest BCUT2D eigenvalue weighted by molar-refractivity contribution is 6.03. The van der Waals surface area contributed by atoms with Crippen molar-refractivity contribution in [3.8, 4) is 0 Å². The molecule has 1 saturated heterocycles. The van der Waals surface area contributed by atoms with E-state index in [1.165, 1.54) is 5.56 Å². The van der Waals surface area contributed by atoms with Crippen LogP contribution in [-0.4, -0.2) is 37.6 Å². The molecule has 1 aromatic carbocycles. The van der Waals surface area contributed by atoms with Crippen LogP contribution in [0.3, 0.4) is 0 Å². The number of nitrogens with zero attached hydrogens (tertiary/aromatic N) is 1. The molecule has 140 valence electrons. The fraction of sp³-hybridized carbons (Fsp3) is 0.524. The summed E-state index contributed by atoms with van der Waals surface area (Å²) < 4.78 is 5.37. The van der Waals surface area contributed by atoms with E-state index in [2.05, 4.69) is 11.4 Å². The van der Waals surface area contributed by atoms with E-state index in [0.717, 1.165) is 31.4 Å². The first-order chi connectivity index (χ1) is 12.5. The van der Waals surface area contributed by atoms with Crippen LogP contribution in [-0.2, 0) is 20.7 Å². The van der Waals surface area contributed by atoms with E-state index in [1.54, 1.807) is 11.0 Å². The summed E-state index contributed by atoms with van der Waals surface area (Å²) in [7, 11) is 0. The Morgan fingerprint density at radius 1 is 1.31 bits per heavy atom. The molecule has 0 bridgehead atoms. The van der Waals surface area contributed by atoms with Crippen LogP contribution in [0.15, 0.2) is 36.4 Å². The Labute approximate surface area is 155 Å². The maximum Gasteiger partial charge on any atom is 0.250 e. The molecule has 0 aliphatic carbocycles. The summed E-state index contributed by atoms with van der Waals surface area (Å²) in [5, 5.41) is 3.09. The van der Waals surface area contributed by atoms with Crippen molar-refractivity contribution in [1.29, 1.82) is 0 Å². The molecule has 1 fully saturated rings. The summed E-state index contributed by atoms with van der Waals surface area (Å²) in [5.74, 6) is 0.0243. The first-order valence-electron chi connectivity index (χ1n) is 9.50. The number of rotatable bonds is 5. The molecule has 5 heteroatoms. The van der Waals surface area contributed by atoms with Crippen LogP contribution in [0.2, 0.25) is 0 Å². The third kappa shape index (κ3) is 3.98. The molecule has 26 heavy (non-hydrogen) atoms. The number of hydrogen-bond donors (Lipinski definition) is 1. The van der Waals surface area contributed by atoms with Gasteiger partial charge in [-0.2, -0.15) is 0 Å². The van der Waals surface area contributed by atoms with Gasteiger partial charge >= 0.3 is 0 Å². The lowest BCUT2D eigenvalue weighted by atomic mass is 9.81. The maximum absolute atomic E-state index is 12.7. The number of fused-ring (bicyclic) bond motifs is 1. The van der Waals surface area contributed by atoms with Crippen molar-refractivity contribution in [1.82, 2.24) is 5.32 Å². The molecule has 1 atom stereocenters. The highest BCUT2D eigenvalue weighted by Gasteiger charge is 2.35. The van der Waals surface area contributed by atoms with Gasteiger partial charge in [0.1, 0.15) is 0 Å². The summed E-state index contributed by atoms with van der Waals surface area (Å²) in [6.07, 6.45) is 6.54. The molecule has 2 heterocycles. The monoisotopic (exact) mass is 356 g/mol. The summed E-state index contributed by atoms with van der Waals surface area (Å²) in [5.41, 5.74) is 1.83. The number of carbonyl (C=O) groups is 2. The predicted octanol–water partition coefficient (Wildman–Crippen LogP) is 2.84. The van der Waals surface area contributed by atoms with Gasteiger partial charge in [-0.15, -0.1) is 0 Å². The first kappa shape index (κ1) is 18.6. The predicted molar refractivity (Wildman–Crippen MR) is 102 cm³/mol. The molecule has 3 rings (SSSR count). The van der Waals surface area contributed by atoms with Crippen molar-refractivity contribution in [3.05, 3.63) is 42.0 Å². The Morgan fingerprint density at radius 2 is 2.04 bits per heavy atom. The lowest BCUT2D eigenvalue weighted by Gasteiger charge is -2.33. The second kappa shape index (κ2) is 8.04. The highest BCUT2D eigenvalue weighted by atomic mass is 16.5. The van der Waals surface area contributed by atoms with E-state index in [4.69, 9.17) is 4.74 Å². The van der Waals surface area contributed by atoms with Gasteiger partial charge in [0.05, 0.1) is 5.41 Å². The summed E-state index contributed by atoms with van der Waals surface area (Å²) in [6, 6.07) is 7.87. The molecule has 5 nitrogen and oxygen atoms in total. The Bertz CT molecular complexity index is 692. The molecular formula is C21H28N2O3. The molecule has 1 aromatic rings. The normalized spacial score (nSPS) is 20.0. The van der Waals surface area contributed by atoms with Crippen molar-refractivity contribution in [3.63, 3.8) is 0 Å². The number of nitrogens with one attached hydrogen (secondary N) is 1. The maximum atomic E-state index is 12.7. The molecule has 0 saturated carbocycles. The number of amides is 2. The summed E-state index contributed by atoms with van der Waals surface area (Å²) in [6.45, 7) is 5.97. The van der Waals surface area contributed by atoms with Gasteiger partial charge in [-0.25, -0.2) is 0 Å². The van der Waals surface area contributed by atoms with Gasteiger partial charge in [0.15, 0.2) is 0 Å². The molecule has 0 aromatic heterocycles. The molecule has 2 aliphatic rings. The molecular weight excluding hydrogens is 328 g/mol. The average molecular weight is 356 g/mol. The first-order valence-corrected chi connectivity index (χ1v) is 9.50. The number of benzene rings is 1. The summed E-state index contributed by atoms with van der Waals surface area (Å²) in [4.78, 5) is 27.1. The fourth-order valence-corrected chi connectivity index (χ4v) is 3.53. The smallest absolute Gasteiger partial charge is 0.250 e. The lowest BCUT2D eigenvalue weighted by molar-refractivity contribution is -0.135. The Balaban J connectivity index is 1.61. The molecule has 0 radical (unpaired) electrons. The minimum atomic E-state index is -0.378. The van der Waals surface area contributed by atoms with Crippen molar-refractivity contribution in [2.24, 2.45) is 5.41 Å². The topological polar surface area (TPSA) is 58.6 Å². The van der Waals surface area contributed by atoms with Crippen molar-refractivity contribution in [2.45, 2.75) is 45.6 Å². The van der Waals surface area contributed by atoms with E-state index in [-0.39, 0.29) is 23.3 Å². The van der Waals surface area contributed by atoms with Crippen molar-refractivity contribution in [2.75, 3.05) is 24.7 Å². The lowest BCUT2D eigenvalue weighted by Crippen LogP contribution is -2.46. The van der Waals surface area contributed by atoms with Crippen LogP contribution in [0.25, 0.3) is 0 Å². The van der Waals surface area contributed by atoms with Crippen LogP contribution in [0.1, 0.15) is 38.7 Å². The van der Waals surface area contributed by atoms with E-state index in [0.29, 0.717) is 19.8 Å². The number of para-hydroxylation sites is 1. The number of hydrogen-bond acceptors (Lipinski definition) is 3. The molecule has 2 aliphatic heterocycles. The van der Waals surface area contributed by atoms with Crippen LogP contribution < -0.4 is 10.2 Å². The largest absolute Gasteiger partial charge is 0.381 e. The van der Waals surface area contributed by atoms with Crippen LogP contribution in [0, 0.1) is 5.41 Å². The molecule has 1 N–H and O–H groups in total. The van der Waals surface area contributed by atoms with E-state index >= 15 is 0 Å². The molecule has 0 spiro atoms. The quantitative estimate of drug-likeness (QED) is 0.826. The third-order valence-electron chi connectivity index (χ3n) is 5.53. The van der Waals surface area contributed by atoms with Gasteiger partial charge in [0.25, 0.3) is 5.91 Å². The van der Waals surface area contributed by atoms with Gasteiger partial charge in [-0.1, -0.05) is 38.1 Å². The zero-order valence-electron chi connectivity index (χ0n) is 15.7. The highest BCUT2D eigenvalue weighted by Crippen LogP contribution is 2.30. The number of ether oxygens (including phenoxy) is 1. The average Bonchev–Trinajstić information content (AvgIpc) is 3.09. The van der Waals surface area contributed by atoms with Crippen molar-refractivity contribution < 1.29 is 14.3 Å².